The highest BCUT2D eigenvalue weighted by atomic mass is 19.4. The van der Waals surface area contributed by atoms with Crippen molar-refractivity contribution < 1.29 is 22.7 Å². The van der Waals surface area contributed by atoms with E-state index in [1.165, 1.54) is 28.9 Å². The molecule has 3 heterocycles. The highest BCUT2D eigenvalue weighted by molar-refractivity contribution is 5.44. The summed E-state index contributed by atoms with van der Waals surface area (Å²) in [4.78, 5) is 7.54. The Morgan fingerprint density at radius 1 is 1.09 bits per heavy atom. The van der Waals surface area contributed by atoms with E-state index in [2.05, 4.69) is 9.97 Å². The van der Waals surface area contributed by atoms with E-state index in [0.717, 1.165) is 18.5 Å². The Bertz CT molecular complexity index is 785. The number of aliphatic hydroxyl groups excluding tert-OH is 1. The lowest BCUT2D eigenvalue weighted by Gasteiger charge is -2.30. The number of nitrogens with zero attached hydrogens (tertiary/aromatic N) is 3. The summed E-state index contributed by atoms with van der Waals surface area (Å²) in [6.45, 7) is 0. The normalized spacial score (nSPS) is 16.2. The summed E-state index contributed by atoms with van der Waals surface area (Å²) in [5, 5.41) is 9.66. The Labute approximate surface area is 128 Å². The zero-order chi connectivity index (χ0) is 16.7. The van der Waals surface area contributed by atoms with Gasteiger partial charge in [-0.3, -0.25) is 4.98 Å². The summed E-state index contributed by atoms with van der Waals surface area (Å²) in [7, 11) is 0. The third kappa shape index (κ3) is 2.55. The summed E-state index contributed by atoms with van der Waals surface area (Å²) in [5.74, 6) is 0. The molecule has 8 heteroatoms. The van der Waals surface area contributed by atoms with Crippen LogP contribution >= 0.6 is 0 Å². The number of imidazole rings is 1. The van der Waals surface area contributed by atoms with Crippen LogP contribution in [0.1, 0.15) is 11.3 Å². The molecule has 0 bridgehead atoms. The molecule has 23 heavy (non-hydrogen) atoms. The van der Waals surface area contributed by atoms with E-state index in [0.29, 0.717) is 0 Å². The van der Waals surface area contributed by atoms with Gasteiger partial charge >= 0.3 is 6.18 Å². The van der Waals surface area contributed by atoms with Crippen LogP contribution < -0.4 is 0 Å². The SMILES string of the molecule is OC(C(F)(F)F)C(F)(c1cccnc1)c1cn2ccccc2n1. The molecule has 2 atom stereocenters. The molecule has 0 saturated heterocycles. The molecule has 120 valence electrons. The first-order valence-electron chi connectivity index (χ1n) is 6.62. The first-order valence-corrected chi connectivity index (χ1v) is 6.62. The van der Waals surface area contributed by atoms with Crippen LogP contribution in [0.5, 0.6) is 0 Å². The molecular weight excluding hydrogens is 314 g/mol. The number of hydrogen-bond acceptors (Lipinski definition) is 3. The Morgan fingerprint density at radius 2 is 1.87 bits per heavy atom. The second-order valence-electron chi connectivity index (χ2n) is 4.99. The van der Waals surface area contributed by atoms with Gasteiger partial charge in [-0.05, 0) is 18.2 Å². The van der Waals surface area contributed by atoms with E-state index in [9.17, 15) is 18.3 Å². The molecule has 3 aromatic rings. The maximum absolute atomic E-state index is 15.5. The van der Waals surface area contributed by atoms with Gasteiger partial charge in [0.25, 0.3) is 0 Å². The minimum absolute atomic E-state index is 0.266. The summed E-state index contributed by atoms with van der Waals surface area (Å²) < 4.78 is 56.0. The Hall–Kier alpha value is -2.48. The van der Waals surface area contributed by atoms with Crippen LogP contribution in [0.2, 0.25) is 0 Å². The van der Waals surface area contributed by atoms with Crippen molar-refractivity contribution in [2.45, 2.75) is 17.9 Å². The second-order valence-corrected chi connectivity index (χ2v) is 4.99. The Balaban J connectivity index is 2.23. The van der Waals surface area contributed by atoms with Crippen LogP contribution in [-0.4, -0.2) is 31.8 Å². The molecule has 0 aliphatic heterocycles. The lowest BCUT2D eigenvalue weighted by Crippen LogP contribution is -2.46. The summed E-state index contributed by atoms with van der Waals surface area (Å²) in [5.41, 5.74) is -3.96. The molecule has 2 unspecified atom stereocenters. The average Bonchev–Trinajstić information content (AvgIpc) is 2.98. The number of fused-ring (bicyclic) bond motifs is 1. The highest BCUT2D eigenvalue weighted by Crippen LogP contribution is 2.42. The molecule has 0 radical (unpaired) electrons. The molecule has 0 aromatic carbocycles. The molecule has 0 aliphatic carbocycles. The van der Waals surface area contributed by atoms with Crippen molar-refractivity contribution in [1.29, 1.82) is 0 Å². The van der Waals surface area contributed by atoms with Gasteiger partial charge in [0, 0.05) is 30.4 Å². The van der Waals surface area contributed by atoms with Gasteiger partial charge in [-0.15, -0.1) is 0 Å². The maximum atomic E-state index is 15.5. The number of alkyl halides is 4. The quantitative estimate of drug-likeness (QED) is 0.754. The van der Waals surface area contributed by atoms with Gasteiger partial charge in [-0.1, -0.05) is 12.1 Å². The van der Waals surface area contributed by atoms with Gasteiger partial charge < -0.3 is 9.51 Å². The average molecular weight is 325 g/mol. The molecule has 0 spiro atoms. The largest absolute Gasteiger partial charge is 0.418 e. The molecular formula is C15H11F4N3O. The van der Waals surface area contributed by atoms with Crippen LogP contribution in [0.4, 0.5) is 17.6 Å². The zero-order valence-electron chi connectivity index (χ0n) is 11.6. The van der Waals surface area contributed by atoms with Crippen LogP contribution in [0.15, 0.2) is 55.1 Å². The zero-order valence-corrected chi connectivity index (χ0v) is 11.6. The van der Waals surface area contributed by atoms with E-state index < -0.39 is 29.2 Å². The van der Waals surface area contributed by atoms with Crippen molar-refractivity contribution in [3.63, 3.8) is 0 Å². The van der Waals surface area contributed by atoms with Crippen LogP contribution in [-0.2, 0) is 5.67 Å². The molecule has 0 saturated carbocycles. The fourth-order valence-electron chi connectivity index (χ4n) is 2.36. The minimum atomic E-state index is -5.17. The highest BCUT2D eigenvalue weighted by Gasteiger charge is 2.57. The molecule has 4 nitrogen and oxygen atoms in total. The van der Waals surface area contributed by atoms with Gasteiger partial charge in [0.05, 0.1) is 0 Å². The Kier molecular flexibility index (Phi) is 3.56. The summed E-state index contributed by atoms with van der Waals surface area (Å²) in [6.07, 6.45) is -3.55. The predicted molar refractivity (Wildman–Crippen MR) is 73.4 cm³/mol. The second kappa shape index (κ2) is 5.31. The third-order valence-electron chi connectivity index (χ3n) is 3.51. The van der Waals surface area contributed by atoms with E-state index in [1.54, 1.807) is 12.1 Å². The number of rotatable bonds is 3. The first-order chi connectivity index (χ1) is 10.8. The fraction of sp³-hybridized carbons (Fsp3) is 0.200. The minimum Gasteiger partial charge on any atom is -0.380 e. The van der Waals surface area contributed by atoms with Crippen molar-refractivity contribution in [3.05, 3.63) is 66.4 Å². The maximum Gasteiger partial charge on any atom is 0.418 e. The van der Waals surface area contributed by atoms with Gasteiger partial charge in [0.1, 0.15) is 11.3 Å². The lowest BCUT2D eigenvalue weighted by molar-refractivity contribution is -0.237. The van der Waals surface area contributed by atoms with Crippen molar-refractivity contribution in [3.8, 4) is 0 Å². The van der Waals surface area contributed by atoms with Crippen LogP contribution in [0, 0.1) is 0 Å². The van der Waals surface area contributed by atoms with Gasteiger partial charge in [-0.2, -0.15) is 13.2 Å². The standard InChI is InChI=1S/C15H11F4N3O/c16-14(13(23)15(17,18)19,10-4-3-6-20-8-10)11-9-22-7-2-1-5-12(22)21-11/h1-9,13,23H. The predicted octanol–water partition coefficient (Wildman–Crippen LogP) is 2.87. The molecule has 0 aliphatic rings. The van der Waals surface area contributed by atoms with Crippen LogP contribution in [0.25, 0.3) is 5.65 Å². The lowest BCUT2D eigenvalue weighted by atomic mass is 9.88. The van der Waals surface area contributed by atoms with Gasteiger partial charge in [0.2, 0.25) is 5.67 Å². The third-order valence-corrected chi connectivity index (χ3v) is 3.51. The molecule has 3 aromatic heterocycles. The van der Waals surface area contributed by atoms with E-state index in [4.69, 9.17) is 0 Å². The number of aromatic nitrogens is 3. The van der Waals surface area contributed by atoms with Crippen LogP contribution in [0.3, 0.4) is 0 Å². The van der Waals surface area contributed by atoms with Gasteiger partial charge in [0.15, 0.2) is 6.10 Å². The summed E-state index contributed by atoms with van der Waals surface area (Å²) in [6, 6.07) is 7.20. The smallest absolute Gasteiger partial charge is 0.380 e. The molecule has 3 rings (SSSR count). The monoisotopic (exact) mass is 325 g/mol. The van der Waals surface area contributed by atoms with Crippen molar-refractivity contribution in [1.82, 2.24) is 14.4 Å². The van der Waals surface area contributed by atoms with Crippen molar-refractivity contribution in [2.24, 2.45) is 0 Å². The van der Waals surface area contributed by atoms with E-state index in [-0.39, 0.29) is 5.65 Å². The summed E-state index contributed by atoms with van der Waals surface area (Å²) >= 11 is 0. The number of hydrogen-bond donors (Lipinski definition) is 1. The van der Waals surface area contributed by atoms with E-state index in [1.807, 2.05) is 0 Å². The van der Waals surface area contributed by atoms with E-state index >= 15 is 4.39 Å². The Morgan fingerprint density at radius 3 is 2.48 bits per heavy atom. The topological polar surface area (TPSA) is 50.4 Å². The number of aliphatic hydroxyl groups is 1. The van der Waals surface area contributed by atoms with Gasteiger partial charge in [-0.25, -0.2) is 9.37 Å². The molecule has 1 N–H and O–H groups in total. The molecule has 0 fully saturated rings. The fourth-order valence-corrected chi connectivity index (χ4v) is 2.36. The number of halogens is 4. The van der Waals surface area contributed by atoms with Crippen molar-refractivity contribution in [2.75, 3.05) is 0 Å². The first kappa shape index (κ1) is 15.4. The van der Waals surface area contributed by atoms with Crippen molar-refractivity contribution >= 4 is 5.65 Å². The molecule has 0 amide bonds. The number of pyridine rings is 2.